The second kappa shape index (κ2) is 5.21. The summed E-state index contributed by atoms with van der Waals surface area (Å²) in [5.41, 5.74) is 0.206. The fourth-order valence-corrected chi connectivity index (χ4v) is 3.35. The van der Waals surface area contributed by atoms with Crippen molar-refractivity contribution in [3.05, 3.63) is 12.2 Å². The minimum Gasteiger partial charge on any atom is -0.377 e. The van der Waals surface area contributed by atoms with Crippen molar-refractivity contribution in [2.75, 3.05) is 19.7 Å². The molecular formula is C14H24N4O. The SMILES string of the molecule is CCNCC1(Cc2ncnn2C)CCOC1C1CC1. The maximum Gasteiger partial charge on any atom is 0.138 e. The van der Waals surface area contributed by atoms with Gasteiger partial charge in [-0.15, -0.1) is 0 Å². The fourth-order valence-electron chi connectivity index (χ4n) is 3.35. The Bertz CT molecular complexity index is 429. The first kappa shape index (κ1) is 13.1. The van der Waals surface area contributed by atoms with Crippen LogP contribution in [0, 0.1) is 11.3 Å². The van der Waals surface area contributed by atoms with E-state index in [2.05, 4.69) is 22.3 Å². The standard InChI is InChI=1S/C14H24N4O/c1-3-15-9-14(8-12-16-10-17-18(12)2)6-7-19-13(14)11-4-5-11/h10-11,13,15H,3-9H2,1-2H3. The van der Waals surface area contributed by atoms with Gasteiger partial charge in [0.1, 0.15) is 12.2 Å². The van der Waals surface area contributed by atoms with E-state index < -0.39 is 0 Å². The largest absolute Gasteiger partial charge is 0.377 e. The second-order valence-corrected chi connectivity index (χ2v) is 6.00. The van der Waals surface area contributed by atoms with Crippen LogP contribution < -0.4 is 5.32 Å². The van der Waals surface area contributed by atoms with E-state index in [1.807, 2.05) is 11.7 Å². The summed E-state index contributed by atoms with van der Waals surface area (Å²) in [6.07, 6.45) is 6.82. The molecule has 2 atom stereocenters. The molecule has 1 aliphatic heterocycles. The molecule has 1 aromatic heterocycles. The molecule has 2 aliphatic rings. The third-order valence-electron chi connectivity index (χ3n) is 4.59. The van der Waals surface area contributed by atoms with E-state index in [-0.39, 0.29) is 5.41 Å². The lowest BCUT2D eigenvalue weighted by Gasteiger charge is -2.34. The highest BCUT2D eigenvalue weighted by molar-refractivity contribution is 5.05. The highest BCUT2D eigenvalue weighted by Crippen LogP contribution is 2.49. The molecule has 19 heavy (non-hydrogen) atoms. The third kappa shape index (κ3) is 2.54. The first-order valence-corrected chi connectivity index (χ1v) is 7.40. The van der Waals surface area contributed by atoms with Gasteiger partial charge in [0.25, 0.3) is 0 Å². The van der Waals surface area contributed by atoms with Crippen LogP contribution in [-0.4, -0.2) is 40.6 Å². The van der Waals surface area contributed by atoms with Gasteiger partial charge in [-0.1, -0.05) is 6.92 Å². The molecule has 3 rings (SSSR count). The Morgan fingerprint density at radius 1 is 1.53 bits per heavy atom. The molecule has 0 aromatic carbocycles. The number of hydrogen-bond donors (Lipinski definition) is 1. The number of rotatable bonds is 6. The van der Waals surface area contributed by atoms with Gasteiger partial charge in [-0.3, -0.25) is 4.68 Å². The number of aromatic nitrogens is 3. The van der Waals surface area contributed by atoms with Crippen molar-refractivity contribution in [3.63, 3.8) is 0 Å². The Morgan fingerprint density at radius 3 is 3.00 bits per heavy atom. The molecule has 0 radical (unpaired) electrons. The smallest absolute Gasteiger partial charge is 0.138 e. The van der Waals surface area contributed by atoms with E-state index in [4.69, 9.17) is 4.74 Å². The summed E-state index contributed by atoms with van der Waals surface area (Å²) in [7, 11) is 1.98. The van der Waals surface area contributed by atoms with Crippen LogP contribution in [0.15, 0.2) is 6.33 Å². The molecule has 0 spiro atoms. The first-order valence-electron chi connectivity index (χ1n) is 7.40. The molecule has 0 bridgehead atoms. The van der Waals surface area contributed by atoms with Gasteiger partial charge < -0.3 is 10.1 Å². The Labute approximate surface area is 114 Å². The molecule has 1 aromatic rings. The number of hydrogen-bond acceptors (Lipinski definition) is 4. The average molecular weight is 264 g/mol. The van der Waals surface area contributed by atoms with Crippen molar-refractivity contribution >= 4 is 0 Å². The number of nitrogens with zero attached hydrogens (tertiary/aromatic N) is 3. The topological polar surface area (TPSA) is 52.0 Å². The fraction of sp³-hybridized carbons (Fsp3) is 0.857. The van der Waals surface area contributed by atoms with Gasteiger partial charge >= 0.3 is 0 Å². The summed E-state index contributed by atoms with van der Waals surface area (Å²) in [6, 6.07) is 0. The minimum atomic E-state index is 0.206. The van der Waals surface area contributed by atoms with Crippen LogP contribution in [0.1, 0.15) is 32.0 Å². The predicted molar refractivity (Wildman–Crippen MR) is 72.8 cm³/mol. The molecule has 1 aliphatic carbocycles. The van der Waals surface area contributed by atoms with Crippen LogP contribution in [0.4, 0.5) is 0 Å². The monoisotopic (exact) mass is 264 g/mol. The normalized spacial score (nSPS) is 30.9. The van der Waals surface area contributed by atoms with Crippen molar-refractivity contribution in [1.29, 1.82) is 0 Å². The summed E-state index contributed by atoms with van der Waals surface area (Å²) >= 11 is 0. The Balaban J connectivity index is 1.81. The van der Waals surface area contributed by atoms with Crippen LogP contribution in [0.3, 0.4) is 0 Å². The van der Waals surface area contributed by atoms with Crippen LogP contribution in [0.25, 0.3) is 0 Å². The maximum absolute atomic E-state index is 6.08. The number of nitrogens with one attached hydrogen (secondary N) is 1. The van der Waals surface area contributed by atoms with Crippen LogP contribution >= 0.6 is 0 Å². The lowest BCUT2D eigenvalue weighted by Crippen LogP contribution is -2.44. The van der Waals surface area contributed by atoms with E-state index in [0.29, 0.717) is 6.10 Å². The highest BCUT2D eigenvalue weighted by atomic mass is 16.5. The Hall–Kier alpha value is -0.940. The van der Waals surface area contributed by atoms with Gasteiger partial charge in [0.2, 0.25) is 0 Å². The Kier molecular flexibility index (Phi) is 3.58. The summed E-state index contributed by atoms with van der Waals surface area (Å²) < 4.78 is 7.98. The maximum atomic E-state index is 6.08. The van der Waals surface area contributed by atoms with E-state index in [9.17, 15) is 0 Å². The summed E-state index contributed by atoms with van der Waals surface area (Å²) in [4.78, 5) is 4.42. The minimum absolute atomic E-state index is 0.206. The first-order chi connectivity index (χ1) is 9.25. The lowest BCUT2D eigenvalue weighted by molar-refractivity contribution is 0.0296. The second-order valence-electron chi connectivity index (χ2n) is 6.00. The van der Waals surface area contributed by atoms with Gasteiger partial charge in [-0.2, -0.15) is 5.10 Å². The predicted octanol–water partition coefficient (Wildman–Crippen LogP) is 1.15. The van der Waals surface area contributed by atoms with Gasteiger partial charge in [0, 0.05) is 32.0 Å². The summed E-state index contributed by atoms with van der Waals surface area (Å²) in [6.45, 7) is 5.10. The van der Waals surface area contributed by atoms with E-state index in [1.54, 1.807) is 6.33 Å². The zero-order chi connectivity index (χ0) is 13.3. The average Bonchev–Trinajstić information content (AvgIpc) is 3.06. The van der Waals surface area contributed by atoms with E-state index in [1.165, 1.54) is 12.8 Å². The molecule has 5 nitrogen and oxygen atoms in total. The van der Waals surface area contributed by atoms with Gasteiger partial charge in [-0.25, -0.2) is 4.98 Å². The molecule has 1 saturated heterocycles. The zero-order valence-corrected chi connectivity index (χ0v) is 11.9. The number of ether oxygens (including phenoxy) is 1. The van der Waals surface area contributed by atoms with Crippen molar-refractivity contribution in [1.82, 2.24) is 20.1 Å². The molecule has 0 amide bonds. The quantitative estimate of drug-likeness (QED) is 0.837. The van der Waals surface area contributed by atoms with Crippen LogP contribution in [0.2, 0.25) is 0 Å². The summed E-state index contributed by atoms with van der Waals surface area (Å²) in [5.74, 6) is 1.85. The van der Waals surface area contributed by atoms with Crippen LogP contribution in [0.5, 0.6) is 0 Å². The molecule has 2 heterocycles. The van der Waals surface area contributed by atoms with Gasteiger partial charge in [0.05, 0.1) is 6.10 Å². The molecule has 1 saturated carbocycles. The number of aryl methyl sites for hydroxylation is 1. The van der Waals surface area contributed by atoms with E-state index in [0.717, 1.165) is 44.3 Å². The van der Waals surface area contributed by atoms with Gasteiger partial charge in [0.15, 0.2) is 0 Å². The third-order valence-corrected chi connectivity index (χ3v) is 4.59. The molecule has 106 valence electrons. The summed E-state index contributed by atoms with van der Waals surface area (Å²) in [5, 5.41) is 7.74. The molecule has 5 heteroatoms. The lowest BCUT2D eigenvalue weighted by atomic mass is 9.75. The Morgan fingerprint density at radius 2 is 2.37 bits per heavy atom. The highest BCUT2D eigenvalue weighted by Gasteiger charge is 2.51. The molecule has 2 fully saturated rings. The molecular weight excluding hydrogens is 240 g/mol. The van der Waals surface area contributed by atoms with E-state index >= 15 is 0 Å². The van der Waals surface area contributed by atoms with Crippen molar-refractivity contribution in [3.8, 4) is 0 Å². The van der Waals surface area contributed by atoms with Crippen molar-refractivity contribution < 1.29 is 4.74 Å². The zero-order valence-electron chi connectivity index (χ0n) is 11.9. The van der Waals surface area contributed by atoms with Crippen LogP contribution in [-0.2, 0) is 18.2 Å². The van der Waals surface area contributed by atoms with Crippen molar-refractivity contribution in [2.24, 2.45) is 18.4 Å². The van der Waals surface area contributed by atoms with Crippen molar-refractivity contribution in [2.45, 2.75) is 38.7 Å². The molecule has 1 N–H and O–H groups in total. The molecule has 2 unspecified atom stereocenters. The van der Waals surface area contributed by atoms with Gasteiger partial charge in [-0.05, 0) is 31.7 Å².